The van der Waals surface area contributed by atoms with Crippen molar-refractivity contribution in [1.82, 2.24) is 0 Å². The van der Waals surface area contributed by atoms with Gasteiger partial charge >= 0.3 is 0 Å². The summed E-state index contributed by atoms with van der Waals surface area (Å²) in [6.45, 7) is 0. The first-order valence-electron chi connectivity index (χ1n) is 8.76. The van der Waals surface area contributed by atoms with E-state index in [0.29, 0.717) is 5.92 Å². The van der Waals surface area contributed by atoms with Crippen LogP contribution in [0, 0.1) is 5.92 Å². The molecule has 0 aromatic heterocycles. The molecule has 5 heteroatoms. The van der Waals surface area contributed by atoms with Gasteiger partial charge in [0.2, 0.25) is 12.1 Å². The Balaban J connectivity index is 1.55. The van der Waals surface area contributed by atoms with Crippen molar-refractivity contribution in [3.8, 4) is 0 Å². The highest BCUT2D eigenvalue weighted by Crippen LogP contribution is 2.42. The molecule has 2 aliphatic heterocycles. The molecule has 3 aliphatic rings. The maximum absolute atomic E-state index is 6.04. The highest BCUT2D eigenvalue weighted by molar-refractivity contribution is 5.20. The summed E-state index contributed by atoms with van der Waals surface area (Å²) >= 11 is 0. The molecule has 3 fully saturated rings. The van der Waals surface area contributed by atoms with E-state index in [-0.39, 0.29) is 0 Å². The zero-order valence-electron chi connectivity index (χ0n) is 13.3. The number of benzene rings is 1. The molecule has 0 radical (unpaired) electrons. The molecular formula is C18H24O5. The molecule has 0 spiro atoms. The molecule has 3 atom stereocenters. The van der Waals surface area contributed by atoms with Crippen LogP contribution in [-0.4, -0.2) is 12.6 Å². The van der Waals surface area contributed by atoms with E-state index >= 15 is 0 Å². The van der Waals surface area contributed by atoms with Crippen LogP contribution in [0.3, 0.4) is 0 Å². The maximum atomic E-state index is 6.04. The number of hydrogen-bond acceptors (Lipinski definition) is 5. The van der Waals surface area contributed by atoms with E-state index in [1.165, 1.54) is 19.3 Å². The zero-order chi connectivity index (χ0) is 15.5. The first-order chi connectivity index (χ1) is 11.4. The van der Waals surface area contributed by atoms with Gasteiger partial charge in [-0.2, -0.15) is 14.7 Å². The van der Waals surface area contributed by atoms with Crippen LogP contribution in [0.4, 0.5) is 0 Å². The lowest BCUT2D eigenvalue weighted by Crippen LogP contribution is -2.46. The predicted octanol–water partition coefficient (Wildman–Crippen LogP) is 4.18. The summed E-state index contributed by atoms with van der Waals surface area (Å²) < 4.78 is 6.04. The number of hydrogen-bond donors (Lipinski definition) is 0. The average molecular weight is 320 g/mol. The van der Waals surface area contributed by atoms with Gasteiger partial charge in [-0.1, -0.05) is 49.6 Å². The molecule has 126 valence electrons. The zero-order valence-corrected chi connectivity index (χ0v) is 13.3. The van der Waals surface area contributed by atoms with E-state index in [4.69, 9.17) is 24.3 Å². The maximum Gasteiger partial charge on any atom is 0.230 e. The summed E-state index contributed by atoms with van der Waals surface area (Å²) in [4.78, 5) is 22.6. The Labute approximate surface area is 136 Å². The van der Waals surface area contributed by atoms with Crippen LogP contribution in [0.2, 0.25) is 0 Å². The quantitative estimate of drug-likeness (QED) is 0.765. The number of ether oxygens (including phenoxy) is 1. The Morgan fingerprint density at radius 3 is 2.48 bits per heavy atom. The molecule has 1 saturated carbocycles. The second kappa shape index (κ2) is 6.87. The normalized spacial score (nSPS) is 36.2. The summed E-state index contributed by atoms with van der Waals surface area (Å²) in [7, 11) is 0. The monoisotopic (exact) mass is 320 g/mol. The van der Waals surface area contributed by atoms with E-state index < -0.39 is 18.4 Å². The Hall–Kier alpha value is -0.980. The smallest absolute Gasteiger partial charge is 0.230 e. The van der Waals surface area contributed by atoms with E-state index in [2.05, 4.69) is 0 Å². The van der Waals surface area contributed by atoms with E-state index in [1.54, 1.807) is 0 Å². The molecule has 1 aromatic rings. The fourth-order valence-electron chi connectivity index (χ4n) is 3.73. The molecule has 23 heavy (non-hydrogen) atoms. The molecule has 2 heterocycles. The number of fused-ring (bicyclic) bond motifs is 2. The molecule has 1 unspecified atom stereocenters. The van der Waals surface area contributed by atoms with Crippen molar-refractivity contribution < 1.29 is 24.3 Å². The summed E-state index contributed by atoms with van der Waals surface area (Å²) in [6, 6.07) is 9.95. The highest BCUT2D eigenvalue weighted by Gasteiger charge is 2.45. The van der Waals surface area contributed by atoms with Crippen molar-refractivity contribution in [2.24, 2.45) is 5.92 Å². The van der Waals surface area contributed by atoms with Crippen molar-refractivity contribution in [2.45, 2.75) is 69.7 Å². The second-order valence-electron chi connectivity index (χ2n) is 6.70. The van der Waals surface area contributed by atoms with Gasteiger partial charge in [-0.3, -0.25) is 0 Å². The van der Waals surface area contributed by atoms with Crippen LogP contribution in [0.15, 0.2) is 30.3 Å². The molecule has 5 nitrogen and oxygen atoms in total. The summed E-state index contributed by atoms with van der Waals surface area (Å²) in [6.07, 6.45) is 7.44. The van der Waals surface area contributed by atoms with Gasteiger partial charge in [0.25, 0.3) is 0 Å². The van der Waals surface area contributed by atoms with Crippen molar-refractivity contribution in [1.29, 1.82) is 0 Å². The van der Waals surface area contributed by atoms with E-state index in [0.717, 1.165) is 37.7 Å². The fourth-order valence-corrected chi connectivity index (χ4v) is 3.73. The van der Waals surface area contributed by atoms with E-state index in [9.17, 15) is 0 Å². The van der Waals surface area contributed by atoms with Gasteiger partial charge in [0, 0.05) is 24.3 Å². The molecule has 0 amide bonds. The van der Waals surface area contributed by atoms with Crippen molar-refractivity contribution in [2.75, 3.05) is 0 Å². The van der Waals surface area contributed by atoms with Gasteiger partial charge in [-0.15, -0.1) is 0 Å². The van der Waals surface area contributed by atoms with Crippen molar-refractivity contribution >= 4 is 0 Å². The van der Waals surface area contributed by atoms with Crippen molar-refractivity contribution in [3.63, 3.8) is 0 Å². The average Bonchev–Trinajstić information content (AvgIpc) is 2.62. The first-order valence-corrected chi connectivity index (χ1v) is 8.76. The van der Waals surface area contributed by atoms with Crippen LogP contribution in [0.5, 0.6) is 0 Å². The highest BCUT2D eigenvalue weighted by atomic mass is 17.3. The molecular weight excluding hydrogens is 296 g/mol. The third-order valence-electron chi connectivity index (χ3n) is 5.05. The summed E-state index contributed by atoms with van der Waals surface area (Å²) in [5, 5.41) is 0. The van der Waals surface area contributed by atoms with Gasteiger partial charge < -0.3 is 4.74 Å². The molecule has 1 aromatic carbocycles. The lowest BCUT2D eigenvalue weighted by atomic mass is 9.89. The SMILES string of the molecule is c1ccc([C@]23CCC[C@H](OOC(C4CCCCC4)OO2)O3)cc1. The summed E-state index contributed by atoms with van der Waals surface area (Å²) in [5.41, 5.74) is 0.956. The van der Waals surface area contributed by atoms with Crippen molar-refractivity contribution in [3.05, 3.63) is 35.9 Å². The second-order valence-corrected chi connectivity index (χ2v) is 6.70. The molecule has 4 rings (SSSR count). The predicted molar refractivity (Wildman–Crippen MR) is 81.5 cm³/mol. The third-order valence-corrected chi connectivity index (χ3v) is 5.05. The largest absolute Gasteiger partial charge is 0.311 e. The minimum Gasteiger partial charge on any atom is -0.311 e. The number of rotatable bonds is 2. The minimum atomic E-state index is -0.902. The fraction of sp³-hybridized carbons (Fsp3) is 0.667. The first kappa shape index (κ1) is 15.5. The molecule has 1 aliphatic carbocycles. The van der Waals surface area contributed by atoms with Gasteiger partial charge in [-0.05, 0) is 19.3 Å². The lowest BCUT2D eigenvalue weighted by Gasteiger charge is -2.42. The molecule has 0 N–H and O–H groups in total. The van der Waals surface area contributed by atoms with Crippen LogP contribution in [0.25, 0.3) is 0 Å². The minimum absolute atomic E-state index is 0.315. The van der Waals surface area contributed by atoms with Crippen LogP contribution in [0.1, 0.15) is 56.9 Å². The lowest BCUT2D eigenvalue weighted by molar-refractivity contribution is -0.595. The van der Waals surface area contributed by atoms with Gasteiger partial charge in [-0.25, -0.2) is 4.89 Å². The van der Waals surface area contributed by atoms with Crippen LogP contribution >= 0.6 is 0 Å². The molecule has 2 bridgehead atoms. The third kappa shape index (κ3) is 3.30. The van der Waals surface area contributed by atoms with Gasteiger partial charge in [0.05, 0.1) is 0 Å². The molecule has 2 saturated heterocycles. The Bertz CT molecular complexity index is 501. The summed E-state index contributed by atoms with van der Waals surface area (Å²) in [5.74, 6) is -0.587. The Morgan fingerprint density at radius 2 is 1.65 bits per heavy atom. The van der Waals surface area contributed by atoms with E-state index in [1.807, 2.05) is 30.3 Å². The van der Waals surface area contributed by atoms with Gasteiger partial charge in [0.15, 0.2) is 6.29 Å². The van der Waals surface area contributed by atoms with Gasteiger partial charge in [0.1, 0.15) is 0 Å². The topological polar surface area (TPSA) is 46.2 Å². The Kier molecular flexibility index (Phi) is 4.64. The van der Waals surface area contributed by atoms with Crippen LogP contribution < -0.4 is 0 Å². The standard InChI is InChI=1S/C18H24O5/c1-3-8-14(9-4-1)17-21-20-16-12-7-13-18(19-16,23-22-17)15-10-5-2-6-11-15/h2,5-6,10-11,14,16-17H,1,3-4,7-9,12-13H2/t16-,17?,18-/m0/s1. The Morgan fingerprint density at radius 1 is 0.826 bits per heavy atom. The van der Waals surface area contributed by atoms with Crippen LogP contribution in [-0.2, 0) is 30.1 Å².